The molecule has 9 nitrogen and oxygen atoms in total. The van der Waals surface area contributed by atoms with Crippen LogP contribution in [0.25, 0.3) is 11.4 Å². The molecule has 0 N–H and O–H groups in total. The number of benzene rings is 2. The molecule has 2 heterocycles. The number of halogens is 3. The van der Waals surface area contributed by atoms with E-state index in [1.807, 2.05) is 17.9 Å². The minimum absolute atomic E-state index is 0.0693. The normalized spacial score (nSPS) is 15.7. The highest BCUT2D eigenvalue weighted by molar-refractivity contribution is 5.66. The van der Waals surface area contributed by atoms with Crippen LogP contribution in [0.1, 0.15) is 30.0 Å². The number of nitro benzene ring substituents is 1. The second kappa shape index (κ2) is 9.11. The molecule has 34 heavy (non-hydrogen) atoms. The van der Waals surface area contributed by atoms with Gasteiger partial charge in [0, 0.05) is 37.8 Å². The number of hydrogen-bond acceptors (Lipinski definition) is 8. The molecule has 1 aliphatic rings. The summed E-state index contributed by atoms with van der Waals surface area (Å²) in [6.07, 6.45) is -4.47. The topological polar surface area (TPSA) is 112 Å². The summed E-state index contributed by atoms with van der Waals surface area (Å²) in [4.78, 5) is 19.2. The van der Waals surface area contributed by atoms with E-state index in [2.05, 4.69) is 15.0 Å². The molecule has 3 aromatic rings. The predicted molar refractivity (Wildman–Crippen MR) is 115 cm³/mol. The van der Waals surface area contributed by atoms with Gasteiger partial charge in [0.15, 0.2) is 0 Å². The average Bonchev–Trinajstić information content (AvgIpc) is 3.33. The van der Waals surface area contributed by atoms with E-state index in [0.29, 0.717) is 31.9 Å². The van der Waals surface area contributed by atoms with E-state index in [0.717, 1.165) is 12.1 Å². The van der Waals surface area contributed by atoms with Crippen LogP contribution in [0.15, 0.2) is 47.0 Å². The molecule has 1 aliphatic heterocycles. The Bertz CT molecular complexity index is 1250. The first-order chi connectivity index (χ1) is 16.2. The number of anilines is 1. The molecule has 1 saturated heterocycles. The summed E-state index contributed by atoms with van der Waals surface area (Å²) in [7, 11) is 0. The first kappa shape index (κ1) is 23.2. The Morgan fingerprint density at radius 1 is 1.18 bits per heavy atom. The van der Waals surface area contributed by atoms with Crippen LogP contribution in [-0.2, 0) is 6.18 Å². The van der Waals surface area contributed by atoms with Crippen LogP contribution in [0, 0.1) is 21.4 Å². The Morgan fingerprint density at radius 2 is 1.91 bits per heavy atom. The first-order valence-corrected chi connectivity index (χ1v) is 10.4. The van der Waals surface area contributed by atoms with Crippen molar-refractivity contribution in [3.05, 3.63) is 69.6 Å². The molecule has 0 bridgehead atoms. The third-order valence-electron chi connectivity index (χ3n) is 5.75. The number of nitriles is 1. The fraction of sp³-hybridized carbons (Fsp3) is 0.318. The lowest BCUT2D eigenvalue weighted by Crippen LogP contribution is -2.47. The van der Waals surface area contributed by atoms with Crippen molar-refractivity contribution in [2.45, 2.75) is 19.1 Å². The first-order valence-electron chi connectivity index (χ1n) is 10.4. The zero-order valence-electron chi connectivity index (χ0n) is 18.0. The van der Waals surface area contributed by atoms with Gasteiger partial charge in [-0.15, -0.1) is 0 Å². The highest BCUT2D eigenvalue weighted by Crippen LogP contribution is 2.33. The van der Waals surface area contributed by atoms with Gasteiger partial charge in [-0.2, -0.15) is 23.4 Å². The molecule has 0 radical (unpaired) electrons. The van der Waals surface area contributed by atoms with Crippen LogP contribution in [0.5, 0.6) is 0 Å². The van der Waals surface area contributed by atoms with Crippen molar-refractivity contribution in [1.82, 2.24) is 15.0 Å². The van der Waals surface area contributed by atoms with Gasteiger partial charge < -0.3 is 9.42 Å². The molecule has 0 saturated carbocycles. The Hall–Kier alpha value is -3.98. The largest absolute Gasteiger partial charge is 0.416 e. The molecule has 1 atom stereocenters. The second-order valence-electron chi connectivity index (χ2n) is 7.81. The van der Waals surface area contributed by atoms with Crippen LogP contribution in [0.3, 0.4) is 0 Å². The number of hydrogen-bond donors (Lipinski definition) is 0. The SMILES string of the molecule is CC(c1nc(-c2cccc(C(F)(F)F)c2)no1)N1CCN(c2ccc(C#N)cc2[N+](=O)[O-])CC1. The summed E-state index contributed by atoms with van der Waals surface area (Å²) in [6, 6.07) is 10.7. The third-order valence-corrected chi connectivity index (χ3v) is 5.75. The van der Waals surface area contributed by atoms with Gasteiger partial charge in [-0.05, 0) is 31.2 Å². The Balaban J connectivity index is 1.45. The third kappa shape index (κ3) is 4.69. The molecule has 1 fully saturated rings. The van der Waals surface area contributed by atoms with E-state index >= 15 is 0 Å². The number of piperazine rings is 1. The quantitative estimate of drug-likeness (QED) is 0.396. The Kier molecular flexibility index (Phi) is 6.21. The van der Waals surface area contributed by atoms with E-state index < -0.39 is 16.7 Å². The summed E-state index contributed by atoms with van der Waals surface area (Å²) in [5.41, 5.74) is -0.0489. The summed E-state index contributed by atoms with van der Waals surface area (Å²) >= 11 is 0. The van der Waals surface area contributed by atoms with Crippen molar-refractivity contribution < 1.29 is 22.6 Å². The van der Waals surface area contributed by atoms with E-state index in [1.54, 1.807) is 12.1 Å². The molecular weight excluding hydrogens is 453 g/mol. The fourth-order valence-electron chi connectivity index (χ4n) is 3.87. The van der Waals surface area contributed by atoms with E-state index in [9.17, 15) is 23.3 Å². The zero-order valence-corrected chi connectivity index (χ0v) is 18.0. The highest BCUT2D eigenvalue weighted by atomic mass is 19.4. The highest BCUT2D eigenvalue weighted by Gasteiger charge is 2.32. The van der Waals surface area contributed by atoms with Crippen molar-refractivity contribution in [2.75, 3.05) is 31.1 Å². The Morgan fingerprint density at radius 3 is 2.56 bits per heavy atom. The fourth-order valence-corrected chi connectivity index (χ4v) is 3.87. The molecule has 0 spiro atoms. The number of alkyl halides is 3. The molecule has 176 valence electrons. The summed E-state index contributed by atoms with van der Waals surface area (Å²) in [5, 5.41) is 24.3. The van der Waals surface area contributed by atoms with Crippen molar-refractivity contribution in [3.8, 4) is 17.5 Å². The maximum atomic E-state index is 13.0. The number of nitro groups is 1. The minimum atomic E-state index is -4.47. The maximum absolute atomic E-state index is 13.0. The van der Waals surface area contributed by atoms with Gasteiger partial charge >= 0.3 is 6.18 Å². The van der Waals surface area contributed by atoms with Crippen LogP contribution >= 0.6 is 0 Å². The van der Waals surface area contributed by atoms with Crippen LogP contribution in [0.2, 0.25) is 0 Å². The van der Waals surface area contributed by atoms with Gasteiger partial charge in [0.05, 0.1) is 28.2 Å². The lowest BCUT2D eigenvalue weighted by atomic mass is 10.1. The molecule has 12 heteroatoms. The number of aromatic nitrogens is 2. The Labute approximate surface area is 192 Å². The zero-order chi connectivity index (χ0) is 24.5. The maximum Gasteiger partial charge on any atom is 0.416 e. The molecule has 0 amide bonds. The summed E-state index contributed by atoms with van der Waals surface area (Å²) < 4.78 is 44.3. The van der Waals surface area contributed by atoms with Crippen molar-refractivity contribution in [1.29, 1.82) is 5.26 Å². The summed E-state index contributed by atoms with van der Waals surface area (Å²) in [6.45, 7) is 3.92. The number of nitrogens with zero attached hydrogens (tertiary/aromatic N) is 6. The molecule has 2 aromatic carbocycles. The molecule has 4 rings (SSSR count). The lowest BCUT2D eigenvalue weighted by Gasteiger charge is -2.37. The monoisotopic (exact) mass is 472 g/mol. The average molecular weight is 472 g/mol. The molecular formula is C22H19F3N6O3. The second-order valence-corrected chi connectivity index (χ2v) is 7.81. The minimum Gasteiger partial charge on any atom is -0.363 e. The van der Waals surface area contributed by atoms with E-state index in [4.69, 9.17) is 9.78 Å². The molecule has 1 unspecified atom stereocenters. The van der Waals surface area contributed by atoms with Crippen molar-refractivity contribution >= 4 is 11.4 Å². The van der Waals surface area contributed by atoms with Crippen LogP contribution < -0.4 is 4.90 Å². The van der Waals surface area contributed by atoms with Gasteiger partial charge in [-0.3, -0.25) is 15.0 Å². The standard InChI is InChI=1S/C22H19F3N6O3/c1-14(21-27-20(28-34-21)16-3-2-4-17(12-16)22(23,24)25)29-7-9-30(10-8-29)18-6-5-15(13-26)11-19(18)31(32)33/h2-6,11-12,14H,7-10H2,1H3. The van der Waals surface area contributed by atoms with Crippen molar-refractivity contribution in [3.63, 3.8) is 0 Å². The molecule has 0 aliphatic carbocycles. The van der Waals surface area contributed by atoms with Gasteiger partial charge in [-0.25, -0.2) is 0 Å². The number of rotatable bonds is 5. The van der Waals surface area contributed by atoms with E-state index in [-0.39, 0.29) is 34.6 Å². The predicted octanol–water partition coefficient (Wildman–Crippen LogP) is 4.42. The van der Waals surface area contributed by atoms with E-state index in [1.165, 1.54) is 18.2 Å². The van der Waals surface area contributed by atoms with Gasteiger partial charge in [0.2, 0.25) is 11.7 Å². The van der Waals surface area contributed by atoms with Crippen molar-refractivity contribution in [2.24, 2.45) is 0 Å². The van der Waals surface area contributed by atoms with Gasteiger partial charge in [-0.1, -0.05) is 17.3 Å². The van der Waals surface area contributed by atoms with Gasteiger partial charge in [0.25, 0.3) is 5.69 Å². The smallest absolute Gasteiger partial charge is 0.363 e. The summed E-state index contributed by atoms with van der Waals surface area (Å²) in [5.74, 6) is 0.338. The van der Waals surface area contributed by atoms with Crippen LogP contribution in [-0.4, -0.2) is 46.1 Å². The van der Waals surface area contributed by atoms with Crippen LogP contribution in [0.4, 0.5) is 24.5 Å². The molecule has 1 aromatic heterocycles. The van der Waals surface area contributed by atoms with Gasteiger partial charge in [0.1, 0.15) is 5.69 Å². The lowest BCUT2D eigenvalue weighted by molar-refractivity contribution is -0.384.